The van der Waals surface area contributed by atoms with Gasteiger partial charge >= 0.3 is 5.97 Å². The Bertz CT molecular complexity index is 740. The smallest absolute Gasteiger partial charge is 0.313 e. The molecule has 4 heteroatoms. The van der Waals surface area contributed by atoms with E-state index in [9.17, 15) is 14.4 Å². The molecule has 0 aromatic heterocycles. The van der Waals surface area contributed by atoms with E-state index in [2.05, 4.69) is 20.8 Å². The summed E-state index contributed by atoms with van der Waals surface area (Å²) in [5.41, 5.74) is -1.17. The fourth-order valence-electron chi connectivity index (χ4n) is 9.34. The number of Topliss-reactive ketones (excluding diaryl/α,β-unsaturated/α-hetero) is 1. The summed E-state index contributed by atoms with van der Waals surface area (Å²) < 4.78 is 6.04. The molecule has 0 radical (unpaired) electrons. The highest BCUT2D eigenvalue weighted by Gasteiger charge is 2.99. The van der Waals surface area contributed by atoms with E-state index in [0.29, 0.717) is 0 Å². The minimum absolute atomic E-state index is 0.0206. The molecule has 1 aliphatic heterocycles. The zero-order valence-electron chi connectivity index (χ0n) is 14.5. The monoisotopic (exact) mass is 328 g/mol. The van der Waals surface area contributed by atoms with Gasteiger partial charge in [0.1, 0.15) is 18.2 Å². The van der Waals surface area contributed by atoms with Crippen LogP contribution in [-0.2, 0) is 19.1 Å². The summed E-state index contributed by atoms with van der Waals surface area (Å²) in [6, 6.07) is 0. The summed E-state index contributed by atoms with van der Waals surface area (Å²) in [5, 5.41) is 0. The van der Waals surface area contributed by atoms with Gasteiger partial charge in [-0.25, -0.2) is 0 Å². The van der Waals surface area contributed by atoms with Crippen LogP contribution in [0, 0.1) is 51.2 Å². The minimum atomic E-state index is -0.620. The topological polar surface area (TPSA) is 60.4 Å². The molecule has 128 valence electrons. The zero-order chi connectivity index (χ0) is 16.9. The van der Waals surface area contributed by atoms with Crippen molar-refractivity contribution >= 4 is 18.0 Å². The van der Waals surface area contributed by atoms with Crippen LogP contribution in [0.15, 0.2) is 0 Å². The van der Waals surface area contributed by atoms with E-state index < -0.39 is 5.41 Å². The Morgan fingerprint density at radius 1 is 1.17 bits per heavy atom. The molecule has 0 aromatic carbocycles. The second kappa shape index (κ2) is 3.39. The average Bonchev–Trinajstić information content (AvgIpc) is 3.04. The van der Waals surface area contributed by atoms with Gasteiger partial charge in [0.2, 0.25) is 0 Å². The Hall–Kier alpha value is -1.19. The first-order chi connectivity index (χ1) is 11.3. The molecule has 2 spiro atoms. The van der Waals surface area contributed by atoms with Gasteiger partial charge in [-0.05, 0) is 41.9 Å². The van der Waals surface area contributed by atoms with Gasteiger partial charge < -0.3 is 9.53 Å². The SMILES string of the molecule is CC1(C)CCC[C@]23C(=O)O[C@@H]4C[C@H]2[C@]2(C)[C@H](C(=O)[C@H]13)C1[C@@H](C=O)[C@@]142. The van der Waals surface area contributed by atoms with Gasteiger partial charge in [-0.1, -0.05) is 27.2 Å². The Labute approximate surface area is 141 Å². The van der Waals surface area contributed by atoms with Gasteiger partial charge in [-0.2, -0.15) is 0 Å². The van der Waals surface area contributed by atoms with Crippen molar-refractivity contribution in [3.8, 4) is 0 Å². The Kier molecular flexibility index (Phi) is 1.98. The number of rotatable bonds is 1. The molecule has 1 heterocycles. The minimum Gasteiger partial charge on any atom is -0.461 e. The highest BCUT2D eigenvalue weighted by atomic mass is 16.6. The predicted molar refractivity (Wildman–Crippen MR) is 83.6 cm³/mol. The summed E-state index contributed by atoms with van der Waals surface area (Å²) in [6.45, 7) is 6.52. The fraction of sp³-hybridized carbons (Fsp3) is 0.850. The maximum Gasteiger partial charge on any atom is 0.313 e. The first-order valence-corrected chi connectivity index (χ1v) is 9.49. The number of esters is 1. The molecule has 0 aromatic rings. The molecule has 5 aliphatic carbocycles. The molecule has 0 amide bonds. The van der Waals surface area contributed by atoms with Gasteiger partial charge in [0.25, 0.3) is 0 Å². The van der Waals surface area contributed by atoms with Crippen molar-refractivity contribution < 1.29 is 19.1 Å². The standard InChI is InChI=1S/C20H24O4/c1-17(2)5-4-6-19-10-7-11(24-16(19)23)20-9(8-21)12(20)13(18(10,20)3)14(22)15(17)19/h8-13,15H,4-7H2,1-3H3/t9-,10+,11-,12?,13+,15-,18-,19+,20+/m1/s1. The number of ketones is 1. The van der Waals surface area contributed by atoms with E-state index in [-0.39, 0.29) is 63.7 Å². The maximum atomic E-state index is 13.7. The third-order valence-corrected chi connectivity index (χ3v) is 9.72. The normalized spacial score (nSPS) is 63.6. The Balaban J connectivity index is 1.65. The quantitative estimate of drug-likeness (QED) is 0.548. The van der Waals surface area contributed by atoms with Crippen LogP contribution in [0.1, 0.15) is 46.5 Å². The first kappa shape index (κ1) is 14.0. The van der Waals surface area contributed by atoms with Crippen LogP contribution in [0.2, 0.25) is 0 Å². The third-order valence-electron chi connectivity index (χ3n) is 9.72. The number of ether oxygens (including phenoxy) is 1. The van der Waals surface area contributed by atoms with E-state index in [1.165, 1.54) is 0 Å². The maximum absolute atomic E-state index is 13.7. The number of fused-ring (bicyclic) bond motifs is 2. The summed E-state index contributed by atoms with van der Waals surface area (Å²) >= 11 is 0. The first-order valence-electron chi connectivity index (χ1n) is 9.49. The molecular formula is C20H24O4. The van der Waals surface area contributed by atoms with Crippen molar-refractivity contribution in [3.63, 3.8) is 0 Å². The lowest BCUT2D eigenvalue weighted by Gasteiger charge is -2.65. The average molecular weight is 328 g/mol. The Morgan fingerprint density at radius 3 is 2.62 bits per heavy atom. The molecule has 9 atom stereocenters. The van der Waals surface area contributed by atoms with E-state index in [1.807, 2.05) is 0 Å². The molecule has 6 fully saturated rings. The zero-order valence-corrected chi connectivity index (χ0v) is 14.5. The van der Waals surface area contributed by atoms with Crippen molar-refractivity contribution in [2.24, 2.45) is 51.2 Å². The van der Waals surface area contributed by atoms with Crippen molar-refractivity contribution in [1.29, 1.82) is 0 Å². The summed E-state index contributed by atoms with van der Waals surface area (Å²) in [5.74, 6) is 0.218. The van der Waals surface area contributed by atoms with Crippen LogP contribution >= 0.6 is 0 Å². The molecule has 1 unspecified atom stereocenters. The summed E-state index contributed by atoms with van der Waals surface area (Å²) in [7, 11) is 0. The van der Waals surface area contributed by atoms with E-state index >= 15 is 0 Å². The lowest BCUT2D eigenvalue weighted by molar-refractivity contribution is -0.211. The second-order valence-electron chi connectivity index (χ2n) is 10.3. The van der Waals surface area contributed by atoms with Gasteiger partial charge in [0, 0.05) is 23.2 Å². The molecule has 0 N–H and O–H groups in total. The molecule has 6 rings (SSSR count). The van der Waals surface area contributed by atoms with E-state index in [0.717, 1.165) is 32.0 Å². The number of aldehydes is 1. The van der Waals surface area contributed by atoms with Crippen LogP contribution in [0.25, 0.3) is 0 Å². The summed E-state index contributed by atoms with van der Waals surface area (Å²) in [4.78, 5) is 38.7. The lowest BCUT2D eigenvalue weighted by Crippen LogP contribution is -2.69. The molecule has 4 nitrogen and oxygen atoms in total. The third kappa shape index (κ3) is 0.928. The van der Waals surface area contributed by atoms with Gasteiger partial charge in [0.05, 0.1) is 5.41 Å². The van der Waals surface area contributed by atoms with Crippen molar-refractivity contribution in [2.45, 2.75) is 52.6 Å². The van der Waals surface area contributed by atoms with E-state index in [4.69, 9.17) is 4.74 Å². The fourth-order valence-corrected chi connectivity index (χ4v) is 9.34. The molecule has 5 saturated carbocycles. The van der Waals surface area contributed by atoms with Crippen molar-refractivity contribution in [2.75, 3.05) is 0 Å². The largest absolute Gasteiger partial charge is 0.461 e. The predicted octanol–water partition coefficient (Wildman–Crippen LogP) is 2.39. The van der Waals surface area contributed by atoms with Crippen molar-refractivity contribution in [1.82, 2.24) is 0 Å². The highest BCUT2D eigenvalue weighted by Crippen LogP contribution is 2.95. The van der Waals surface area contributed by atoms with Crippen LogP contribution in [0.3, 0.4) is 0 Å². The van der Waals surface area contributed by atoms with Crippen LogP contribution < -0.4 is 0 Å². The lowest BCUT2D eigenvalue weighted by atomic mass is 9.35. The highest BCUT2D eigenvalue weighted by molar-refractivity contribution is 5.99. The van der Waals surface area contributed by atoms with Crippen LogP contribution in [0.4, 0.5) is 0 Å². The number of hydrogen-bond donors (Lipinski definition) is 0. The second-order valence-corrected chi connectivity index (χ2v) is 10.3. The molecule has 1 saturated heterocycles. The van der Waals surface area contributed by atoms with E-state index in [1.54, 1.807) is 0 Å². The van der Waals surface area contributed by atoms with Crippen LogP contribution in [0.5, 0.6) is 0 Å². The number of carbonyl (C=O) groups excluding carboxylic acids is 3. The van der Waals surface area contributed by atoms with Crippen LogP contribution in [-0.4, -0.2) is 24.1 Å². The van der Waals surface area contributed by atoms with Gasteiger partial charge in [-0.15, -0.1) is 0 Å². The Morgan fingerprint density at radius 2 is 1.92 bits per heavy atom. The molecule has 6 aliphatic rings. The molecule has 24 heavy (non-hydrogen) atoms. The molecule has 2 bridgehead atoms. The van der Waals surface area contributed by atoms with Gasteiger partial charge in [0.15, 0.2) is 0 Å². The van der Waals surface area contributed by atoms with Crippen molar-refractivity contribution in [3.05, 3.63) is 0 Å². The summed E-state index contributed by atoms with van der Waals surface area (Å²) in [6.07, 6.45) is 4.57. The molecular weight excluding hydrogens is 304 g/mol. The van der Waals surface area contributed by atoms with Gasteiger partial charge in [-0.3, -0.25) is 9.59 Å². The number of hydrogen-bond acceptors (Lipinski definition) is 4. The number of carbonyl (C=O) groups is 3.